The van der Waals surface area contributed by atoms with Gasteiger partial charge in [0.25, 0.3) is 6.01 Å². The van der Waals surface area contributed by atoms with E-state index in [9.17, 15) is 0 Å². The minimum absolute atomic E-state index is 0.451. The van der Waals surface area contributed by atoms with E-state index in [-0.39, 0.29) is 0 Å². The monoisotopic (exact) mass is 496 g/mol. The summed E-state index contributed by atoms with van der Waals surface area (Å²) in [7, 11) is 1.96. The van der Waals surface area contributed by atoms with E-state index in [4.69, 9.17) is 9.15 Å². The lowest BCUT2D eigenvalue weighted by molar-refractivity contribution is 0.323. The summed E-state index contributed by atoms with van der Waals surface area (Å²) in [5, 5.41) is 1.05. The van der Waals surface area contributed by atoms with Crippen LogP contribution < -0.4 is 9.64 Å². The summed E-state index contributed by atoms with van der Waals surface area (Å²) in [6.45, 7) is 20.9. The van der Waals surface area contributed by atoms with Crippen molar-refractivity contribution in [2.24, 2.45) is 5.41 Å². The first-order valence-electron chi connectivity index (χ1n) is 12.6. The standard InChI is InChI=1S/C24H30N2O2S.C6H14/c1-17(2)23(29-18(3)4)16-19-10-12-20(13-11-19)27-15-14-26(5)24-25-21-8-6-7-9-22(21)28-24;1-5-6(2,3)4/h6-13,18,23H,1,14-16H2,2-5H3;5H2,1-4H3. The molecule has 4 nitrogen and oxygen atoms in total. The smallest absolute Gasteiger partial charge is 0.298 e. The highest BCUT2D eigenvalue weighted by Crippen LogP contribution is 2.27. The summed E-state index contributed by atoms with van der Waals surface area (Å²) in [4.78, 5) is 6.47. The number of likely N-dealkylation sites (N-methyl/N-ethyl adjacent to an activating group) is 1. The van der Waals surface area contributed by atoms with Crippen molar-refractivity contribution >= 4 is 28.9 Å². The van der Waals surface area contributed by atoms with Crippen LogP contribution in [0.15, 0.2) is 65.1 Å². The zero-order valence-electron chi connectivity index (χ0n) is 22.9. The molecule has 1 unspecified atom stereocenters. The van der Waals surface area contributed by atoms with Crippen LogP contribution in [0.25, 0.3) is 11.1 Å². The molecule has 35 heavy (non-hydrogen) atoms. The lowest BCUT2D eigenvalue weighted by Crippen LogP contribution is -2.23. The predicted octanol–water partition coefficient (Wildman–Crippen LogP) is 8.41. The summed E-state index contributed by atoms with van der Waals surface area (Å²) in [5.74, 6) is 0.878. The Kier molecular flexibility index (Phi) is 11.2. The topological polar surface area (TPSA) is 38.5 Å². The molecule has 0 radical (unpaired) electrons. The van der Waals surface area contributed by atoms with Gasteiger partial charge in [-0.3, -0.25) is 0 Å². The minimum Gasteiger partial charge on any atom is -0.492 e. The van der Waals surface area contributed by atoms with Crippen molar-refractivity contribution in [2.75, 3.05) is 25.1 Å². The molecular weight excluding hydrogens is 452 g/mol. The summed E-state index contributed by atoms with van der Waals surface area (Å²) in [6, 6.07) is 16.8. The van der Waals surface area contributed by atoms with Crippen LogP contribution in [0.2, 0.25) is 0 Å². The fraction of sp³-hybridized carbons (Fsp3) is 0.500. The van der Waals surface area contributed by atoms with Gasteiger partial charge in [-0.25, -0.2) is 0 Å². The Morgan fingerprint density at radius 1 is 1.11 bits per heavy atom. The van der Waals surface area contributed by atoms with Crippen molar-refractivity contribution in [3.05, 3.63) is 66.2 Å². The van der Waals surface area contributed by atoms with Gasteiger partial charge in [0, 0.05) is 12.3 Å². The molecule has 0 amide bonds. The maximum Gasteiger partial charge on any atom is 0.298 e. The molecule has 3 rings (SSSR count). The van der Waals surface area contributed by atoms with Crippen LogP contribution in [0.4, 0.5) is 6.01 Å². The number of hydrogen-bond donors (Lipinski definition) is 0. The number of thioether (sulfide) groups is 1. The Balaban J connectivity index is 0.000000641. The molecule has 0 saturated carbocycles. The molecule has 0 aliphatic heterocycles. The fourth-order valence-corrected chi connectivity index (χ4v) is 4.20. The predicted molar refractivity (Wildman–Crippen MR) is 154 cm³/mol. The van der Waals surface area contributed by atoms with Crippen molar-refractivity contribution < 1.29 is 9.15 Å². The Morgan fingerprint density at radius 3 is 2.29 bits per heavy atom. The normalized spacial score (nSPS) is 12.3. The van der Waals surface area contributed by atoms with E-state index >= 15 is 0 Å². The Bertz CT molecular complexity index is 1000. The second-order valence-electron chi connectivity index (χ2n) is 10.5. The van der Waals surface area contributed by atoms with Gasteiger partial charge in [-0.1, -0.05) is 84.4 Å². The highest BCUT2D eigenvalue weighted by atomic mass is 32.2. The molecule has 1 aromatic heterocycles. The van der Waals surface area contributed by atoms with Gasteiger partial charge in [0.05, 0.1) is 6.54 Å². The Labute approximate surface area is 217 Å². The summed E-state index contributed by atoms with van der Waals surface area (Å²) >= 11 is 1.97. The summed E-state index contributed by atoms with van der Waals surface area (Å²) < 4.78 is 11.7. The zero-order valence-corrected chi connectivity index (χ0v) is 23.7. The number of ether oxygens (including phenoxy) is 1. The average molecular weight is 497 g/mol. The molecule has 5 heteroatoms. The van der Waals surface area contributed by atoms with E-state index in [1.54, 1.807) is 0 Å². The van der Waals surface area contributed by atoms with Crippen LogP contribution in [0, 0.1) is 5.41 Å². The average Bonchev–Trinajstić information content (AvgIpc) is 3.24. The molecule has 0 aliphatic carbocycles. The molecule has 192 valence electrons. The molecule has 1 heterocycles. The molecule has 2 aromatic carbocycles. The van der Waals surface area contributed by atoms with Crippen molar-refractivity contribution in [3.8, 4) is 5.75 Å². The van der Waals surface area contributed by atoms with Crippen LogP contribution in [0.3, 0.4) is 0 Å². The number of aromatic nitrogens is 1. The van der Waals surface area contributed by atoms with E-state index in [1.807, 2.05) is 60.1 Å². The lowest BCUT2D eigenvalue weighted by atomic mass is 9.94. The molecule has 0 aliphatic rings. The molecule has 0 spiro atoms. The molecular formula is C30H44N2O2S. The van der Waals surface area contributed by atoms with Crippen LogP contribution in [-0.2, 0) is 6.42 Å². The number of nitrogens with zero attached hydrogens (tertiary/aromatic N) is 2. The fourth-order valence-electron chi connectivity index (χ4n) is 3.02. The molecule has 0 bridgehead atoms. The summed E-state index contributed by atoms with van der Waals surface area (Å²) in [6.07, 6.45) is 2.27. The second-order valence-corrected chi connectivity index (χ2v) is 12.3. The number of benzene rings is 2. The summed E-state index contributed by atoms with van der Waals surface area (Å²) in [5.41, 5.74) is 4.75. The van der Waals surface area contributed by atoms with E-state index in [0.29, 0.717) is 35.1 Å². The SMILES string of the molecule is C=C(C)C(Cc1ccc(OCCN(C)c2nc3ccccc3o2)cc1)SC(C)C.CCC(C)(C)C. The van der Waals surface area contributed by atoms with Gasteiger partial charge in [0.2, 0.25) is 0 Å². The third-order valence-electron chi connectivity index (χ3n) is 5.70. The van der Waals surface area contributed by atoms with Gasteiger partial charge in [-0.15, -0.1) is 0 Å². The molecule has 3 aromatic rings. The number of oxazole rings is 1. The van der Waals surface area contributed by atoms with E-state index in [2.05, 4.69) is 72.2 Å². The third kappa shape index (κ3) is 10.4. The minimum atomic E-state index is 0.451. The van der Waals surface area contributed by atoms with Crippen LogP contribution in [0.1, 0.15) is 60.5 Å². The quantitative estimate of drug-likeness (QED) is 0.263. The van der Waals surface area contributed by atoms with E-state index in [1.165, 1.54) is 17.6 Å². The van der Waals surface area contributed by atoms with Gasteiger partial charge in [0.15, 0.2) is 5.58 Å². The van der Waals surface area contributed by atoms with Crippen molar-refractivity contribution in [1.82, 2.24) is 4.98 Å². The maximum absolute atomic E-state index is 5.91. The molecule has 0 N–H and O–H groups in total. The molecule has 0 fully saturated rings. The van der Waals surface area contributed by atoms with Gasteiger partial charge < -0.3 is 14.1 Å². The number of hydrogen-bond acceptors (Lipinski definition) is 5. The first-order valence-corrected chi connectivity index (χ1v) is 13.5. The Hall–Kier alpha value is -2.40. The first-order chi connectivity index (χ1) is 16.5. The van der Waals surface area contributed by atoms with Crippen LogP contribution in [-0.4, -0.2) is 35.7 Å². The van der Waals surface area contributed by atoms with Crippen molar-refractivity contribution in [2.45, 2.75) is 71.8 Å². The van der Waals surface area contributed by atoms with Crippen molar-refractivity contribution in [3.63, 3.8) is 0 Å². The van der Waals surface area contributed by atoms with E-state index in [0.717, 1.165) is 23.3 Å². The number of para-hydroxylation sites is 2. The zero-order chi connectivity index (χ0) is 26.0. The third-order valence-corrected chi connectivity index (χ3v) is 7.14. The molecule has 1 atom stereocenters. The highest BCUT2D eigenvalue weighted by Gasteiger charge is 2.13. The largest absolute Gasteiger partial charge is 0.492 e. The second kappa shape index (κ2) is 13.6. The van der Waals surface area contributed by atoms with E-state index < -0.39 is 0 Å². The van der Waals surface area contributed by atoms with Gasteiger partial charge in [0.1, 0.15) is 17.9 Å². The first kappa shape index (κ1) is 28.8. The van der Waals surface area contributed by atoms with Gasteiger partial charge in [-0.2, -0.15) is 16.7 Å². The van der Waals surface area contributed by atoms with Crippen LogP contribution >= 0.6 is 11.8 Å². The van der Waals surface area contributed by atoms with Gasteiger partial charge in [-0.05, 0) is 53.8 Å². The number of rotatable bonds is 10. The van der Waals surface area contributed by atoms with Gasteiger partial charge >= 0.3 is 0 Å². The highest BCUT2D eigenvalue weighted by molar-refractivity contribution is 8.00. The maximum atomic E-state index is 5.91. The van der Waals surface area contributed by atoms with Crippen molar-refractivity contribution in [1.29, 1.82) is 0 Å². The Morgan fingerprint density at radius 2 is 1.74 bits per heavy atom. The lowest BCUT2D eigenvalue weighted by Gasteiger charge is -2.19. The number of anilines is 1. The van der Waals surface area contributed by atoms with Crippen LogP contribution in [0.5, 0.6) is 5.75 Å². The molecule has 0 saturated heterocycles. The number of fused-ring (bicyclic) bond motifs is 1.